The Morgan fingerprint density at radius 3 is 2.08 bits per heavy atom. The molecule has 2 rings (SSSR count). The lowest BCUT2D eigenvalue weighted by atomic mass is 10.1. The van der Waals surface area contributed by atoms with Crippen molar-refractivity contribution in [2.45, 2.75) is 6.18 Å². The molecular weight excluding hydrogens is 331 g/mol. The van der Waals surface area contributed by atoms with Crippen molar-refractivity contribution in [1.29, 1.82) is 0 Å². The monoisotopic (exact) mass is 339 g/mol. The zero-order valence-corrected chi connectivity index (χ0v) is 11.7. The normalized spacial score (nSPS) is 11.6. The van der Waals surface area contributed by atoms with Crippen LogP contribution in [0.25, 0.3) is 0 Å². The van der Waals surface area contributed by atoms with E-state index >= 15 is 0 Å². The van der Waals surface area contributed by atoms with Crippen molar-refractivity contribution in [3.8, 4) is 0 Å². The van der Waals surface area contributed by atoms with Gasteiger partial charge >= 0.3 is 6.18 Å². The van der Waals surface area contributed by atoms with E-state index in [2.05, 4.69) is 4.99 Å². The molecule has 2 aromatic carbocycles. The maximum atomic E-state index is 12.4. The molecule has 0 N–H and O–H groups in total. The standard InChI is InChI=1S/C14H8F3N3O4/c15-14(16,17)10-2-4-11(5-3-10)18-8-9-1-6-12(19(21)22)7-13(9)20(23)24/h1-8H. The number of rotatable bonds is 4. The highest BCUT2D eigenvalue weighted by Crippen LogP contribution is 2.30. The fourth-order valence-electron chi connectivity index (χ4n) is 1.79. The van der Waals surface area contributed by atoms with E-state index in [0.29, 0.717) is 0 Å². The van der Waals surface area contributed by atoms with Gasteiger partial charge in [0.05, 0.1) is 32.7 Å². The third kappa shape index (κ3) is 3.91. The zero-order valence-electron chi connectivity index (χ0n) is 11.7. The van der Waals surface area contributed by atoms with E-state index in [4.69, 9.17) is 0 Å². The average Bonchev–Trinajstić information content (AvgIpc) is 2.52. The molecule has 2 aromatic rings. The van der Waals surface area contributed by atoms with Gasteiger partial charge in [0.1, 0.15) is 0 Å². The summed E-state index contributed by atoms with van der Waals surface area (Å²) in [5, 5.41) is 21.6. The van der Waals surface area contributed by atoms with Gasteiger partial charge in [0, 0.05) is 12.3 Å². The molecule has 0 fully saturated rings. The van der Waals surface area contributed by atoms with E-state index in [1.807, 2.05) is 0 Å². The molecule has 0 saturated heterocycles. The lowest BCUT2D eigenvalue weighted by Crippen LogP contribution is -2.03. The molecule has 0 unspecified atom stereocenters. The predicted molar refractivity (Wildman–Crippen MR) is 78.4 cm³/mol. The number of alkyl halides is 3. The van der Waals surface area contributed by atoms with Gasteiger partial charge in [0.25, 0.3) is 11.4 Å². The molecule has 0 aromatic heterocycles. The van der Waals surface area contributed by atoms with Gasteiger partial charge in [-0.3, -0.25) is 25.2 Å². The summed E-state index contributed by atoms with van der Waals surface area (Å²) in [7, 11) is 0. The Balaban J connectivity index is 2.31. The van der Waals surface area contributed by atoms with E-state index in [1.165, 1.54) is 0 Å². The molecule has 0 aliphatic heterocycles. The first-order valence-electron chi connectivity index (χ1n) is 6.32. The molecule has 10 heteroatoms. The Kier molecular flexibility index (Phi) is 4.58. The lowest BCUT2D eigenvalue weighted by molar-refractivity contribution is -0.394. The Bertz CT molecular complexity index is 817. The van der Waals surface area contributed by atoms with Gasteiger partial charge in [-0.05, 0) is 30.3 Å². The van der Waals surface area contributed by atoms with Crippen LogP contribution < -0.4 is 0 Å². The van der Waals surface area contributed by atoms with E-state index < -0.39 is 33.0 Å². The number of aliphatic imine (C=N–C) groups is 1. The van der Waals surface area contributed by atoms with Crippen LogP contribution in [-0.2, 0) is 6.18 Å². The molecule has 0 heterocycles. The van der Waals surface area contributed by atoms with Crippen molar-refractivity contribution in [2.24, 2.45) is 4.99 Å². The number of halogens is 3. The minimum atomic E-state index is -4.47. The summed E-state index contributed by atoms with van der Waals surface area (Å²) in [5.41, 5.74) is -1.68. The van der Waals surface area contributed by atoms with Crippen molar-refractivity contribution in [2.75, 3.05) is 0 Å². The number of benzene rings is 2. The van der Waals surface area contributed by atoms with Crippen molar-refractivity contribution < 1.29 is 23.0 Å². The highest BCUT2D eigenvalue weighted by molar-refractivity contribution is 5.87. The summed E-state index contributed by atoms with van der Waals surface area (Å²) in [6.07, 6.45) is -3.41. The van der Waals surface area contributed by atoms with Gasteiger partial charge < -0.3 is 0 Å². The summed E-state index contributed by atoms with van der Waals surface area (Å²) in [6, 6.07) is 6.87. The average molecular weight is 339 g/mol. The van der Waals surface area contributed by atoms with Crippen LogP contribution in [0, 0.1) is 20.2 Å². The number of nitrogens with zero attached hydrogens (tertiary/aromatic N) is 3. The van der Waals surface area contributed by atoms with Crippen LogP contribution in [-0.4, -0.2) is 16.1 Å². The predicted octanol–water partition coefficient (Wildman–Crippen LogP) is 4.27. The maximum Gasteiger partial charge on any atom is 0.416 e. The lowest BCUT2D eigenvalue weighted by Gasteiger charge is -2.05. The van der Waals surface area contributed by atoms with Crippen LogP contribution in [0.5, 0.6) is 0 Å². The summed E-state index contributed by atoms with van der Waals surface area (Å²) < 4.78 is 37.3. The summed E-state index contributed by atoms with van der Waals surface area (Å²) in [6.45, 7) is 0. The number of nitro groups is 2. The molecule has 0 spiro atoms. The summed E-state index contributed by atoms with van der Waals surface area (Å²) in [5.74, 6) is 0. The second-order valence-corrected chi connectivity index (χ2v) is 4.56. The van der Waals surface area contributed by atoms with E-state index in [0.717, 1.165) is 48.7 Å². The molecule has 0 radical (unpaired) electrons. The molecule has 0 atom stereocenters. The van der Waals surface area contributed by atoms with E-state index in [-0.39, 0.29) is 11.3 Å². The van der Waals surface area contributed by atoms with Gasteiger partial charge in [0.15, 0.2) is 0 Å². The zero-order chi connectivity index (χ0) is 17.9. The Hall–Kier alpha value is -3.30. The Morgan fingerprint density at radius 2 is 1.58 bits per heavy atom. The molecular formula is C14H8F3N3O4. The number of hydrogen-bond donors (Lipinski definition) is 0. The van der Waals surface area contributed by atoms with Gasteiger partial charge in [0.2, 0.25) is 0 Å². The number of nitro benzene ring substituents is 2. The van der Waals surface area contributed by atoms with Crippen molar-refractivity contribution in [3.05, 3.63) is 73.8 Å². The topological polar surface area (TPSA) is 98.6 Å². The minimum Gasteiger partial charge on any atom is -0.258 e. The summed E-state index contributed by atoms with van der Waals surface area (Å²) in [4.78, 5) is 23.9. The van der Waals surface area contributed by atoms with Crippen LogP contribution in [0.4, 0.5) is 30.2 Å². The second kappa shape index (κ2) is 6.44. The van der Waals surface area contributed by atoms with Gasteiger partial charge in [-0.1, -0.05) is 0 Å². The van der Waals surface area contributed by atoms with Gasteiger partial charge in [-0.25, -0.2) is 0 Å². The fraction of sp³-hybridized carbons (Fsp3) is 0.0714. The molecule has 0 aliphatic rings. The molecule has 0 saturated carbocycles. The van der Waals surface area contributed by atoms with Crippen molar-refractivity contribution >= 4 is 23.3 Å². The minimum absolute atomic E-state index is 0.00880. The second-order valence-electron chi connectivity index (χ2n) is 4.56. The molecule has 124 valence electrons. The molecule has 7 nitrogen and oxygen atoms in total. The first-order valence-corrected chi connectivity index (χ1v) is 6.32. The Labute approximate surface area is 132 Å². The fourth-order valence-corrected chi connectivity index (χ4v) is 1.79. The molecule has 0 bridgehead atoms. The molecule has 0 aliphatic carbocycles. The summed E-state index contributed by atoms with van der Waals surface area (Å²) >= 11 is 0. The smallest absolute Gasteiger partial charge is 0.258 e. The van der Waals surface area contributed by atoms with Crippen LogP contribution in [0.3, 0.4) is 0 Å². The first-order chi connectivity index (χ1) is 11.2. The van der Waals surface area contributed by atoms with E-state index in [1.54, 1.807) is 0 Å². The van der Waals surface area contributed by atoms with Crippen LogP contribution >= 0.6 is 0 Å². The third-order valence-electron chi connectivity index (χ3n) is 2.97. The number of non-ortho nitro benzene ring substituents is 1. The first kappa shape index (κ1) is 17.1. The Morgan fingerprint density at radius 1 is 0.958 bits per heavy atom. The largest absolute Gasteiger partial charge is 0.416 e. The highest BCUT2D eigenvalue weighted by atomic mass is 19.4. The van der Waals surface area contributed by atoms with Crippen LogP contribution in [0.2, 0.25) is 0 Å². The van der Waals surface area contributed by atoms with E-state index in [9.17, 15) is 33.4 Å². The molecule has 24 heavy (non-hydrogen) atoms. The molecule has 0 amide bonds. The van der Waals surface area contributed by atoms with Crippen LogP contribution in [0.1, 0.15) is 11.1 Å². The van der Waals surface area contributed by atoms with Crippen molar-refractivity contribution in [1.82, 2.24) is 0 Å². The van der Waals surface area contributed by atoms with Gasteiger partial charge in [-0.2, -0.15) is 13.2 Å². The highest BCUT2D eigenvalue weighted by Gasteiger charge is 2.29. The van der Waals surface area contributed by atoms with Gasteiger partial charge in [-0.15, -0.1) is 0 Å². The quantitative estimate of drug-likeness (QED) is 0.472. The van der Waals surface area contributed by atoms with Crippen molar-refractivity contribution in [3.63, 3.8) is 0 Å². The SMILES string of the molecule is O=[N+]([O-])c1ccc(C=Nc2ccc(C(F)(F)F)cc2)c([N+](=O)[O-])c1. The third-order valence-corrected chi connectivity index (χ3v) is 2.97. The number of hydrogen-bond acceptors (Lipinski definition) is 5. The maximum absolute atomic E-state index is 12.4. The van der Waals surface area contributed by atoms with Crippen LogP contribution in [0.15, 0.2) is 47.5 Å².